The Morgan fingerprint density at radius 1 is 1.00 bits per heavy atom. The van der Waals surface area contributed by atoms with Gasteiger partial charge in [-0.05, 0) is 53.6 Å². The van der Waals surface area contributed by atoms with Gasteiger partial charge in [0.2, 0.25) is 0 Å². The second-order valence-electron chi connectivity index (χ2n) is 11.2. The fraction of sp³-hybridized carbons (Fsp3) is 0.265. The molecule has 9 nitrogen and oxygen atoms in total. The molecule has 2 aliphatic rings. The van der Waals surface area contributed by atoms with Crippen molar-refractivity contribution >= 4 is 22.3 Å². The molecule has 0 saturated heterocycles. The van der Waals surface area contributed by atoms with Crippen LogP contribution in [0.25, 0.3) is 10.9 Å². The molecule has 1 aliphatic carbocycles. The molecule has 3 N–H and O–H groups in total. The first-order chi connectivity index (χ1) is 21.2. The van der Waals surface area contributed by atoms with Crippen LogP contribution in [-0.2, 0) is 13.1 Å². The Balaban J connectivity index is 1.35. The first kappa shape index (κ1) is 26.6. The molecule has 3 heterocycles. The van der Waals surface area contributed by atoms with Gasteiger partial charge in [-0.25, -0.2) is 4.68 Å². The summed E-state index contributed by atoms with van der Waals surface area (Å²) in [6, 6.07) is 25.1. The van der Waals surface area contributed by atoms with Gasteiger partial charge >= 0.3 is 0 Å². The molecule has 1 fully saturated rings. The number of hydrogen-bond acceptors (Lipinski definition) is 8. The maximum atomic E-state index is 10.2. The second kappa shape index (κ2) is 11.2. The Labute approximate surface area is 250 Å². The van der Waals surface area contributed by atoms with E-state index in [1.165, 1.54) is 11.1 Å². The van der Waals surface area contributed by atoms with Crippen LogP contribution in [0.1, 0.15) is 83.4 Å². The van der Waals surface area contributed by atoms with Gasteiger partial charge in [-0.15, -0.1) is 5.10 Å². The molecule has 5 aromatic rings. The minimum Gasteiger partial charge on any atom is -0.377 e. The largest absolute Gasteiger partial charge is 0.377 e. The first-order valence-electron chi connectivity index (χ1n) is 14.7. The average molecular weight is 566 g/mol. The number of rotatable bonds is 9. The summed E-state index contributed by atoms with van der Waals surface area (Å²) < 4.78 is 1.96. The normalized spacial score (nSPS) is 15.3. The van der Waals surface area contributed by atoms with E-state index >= 15 is 0 Å². The highest BCUT2D eigenvalue weighted by Crippen LogP contribution is 2.38. The van der Waals surface area contributed by atoms with E-state index in [9.17, 15) is 10.5 Å². The van der Waals surface area contributed by atoms with Crippen LogP contribution in [0.15, 0.2) is 73.1 Å². The number of pyridine rings is 1. The summed E-state index contributed by atoms with van der Waals surface area (Å²) in [5.74, 6) is 0. The third kappa shape index (κ3) is 5.05. The summed E-state index contributed by atoms with van der Waals surface area (Å²) in [6.45, 7) is 3.72. The zero-order chi connectivity index (χ0) is 29.3. The van der Waals surface area contributed by atoms with E-state index in [2.05, 4.69) is 80.6 Å². The Bertz CT molecular complexity index is 1890. The Kier molecular flexibility index (Phi) is 6.94. The van der Waals surface area contributed by atoms with Crippen LogP contribution >= 0.6 is 0 Å². The van der Waals surface area contributed by atoms with E-state index < -0.39 is 0 Å². The minimum atomic E-state index is -0.289. The number of nitrogens with zero attached hydrogens (tertiary/aromatic N) is 6. The van der Waals surface area contributed by atoms with Crippen molar-refractivity contribution in [3.05, 3.63) is 112 Å². The van der Waals surface area contributed by atoms with Gasteiger partial charge in [0.25, 0.3) is 0 Å². The number of nitriles is 2. The number of fused-ring (bicyclic) bond motifs is 2. The maximum Gasteiger partial charge on any atom is 0.109 e. The molecule has 0 bridgehead atoms. The number of benzene rings is 3. The topological polar surface area (TPSA) is 127 Å². The van der Waals surface area contributed by atoms with Crippen LogP contribution in [0, 0.1) is 22.7 Å². The monoisotopic (exact) mass is 565 g/mol. The summed E-state index contributed by atoms with van der Waals surface area (Å²) in [7, 11) is 0. The summed E-state index contributed by atoms with van der Waals surface area (Å²) in [5.41, 5.74) is 8.43. The van der Waals surface area contributed by atoms with Crippen molar-refractivity contribution in [2.45, 2.75) is 57.4 Å². The zero-order valence-corrected chi connectivity index (χ0v) is 23.9. The Hall–Kier alpha value is -5.25. The summed E-state index contributed by atoms with van der Waals surface area (Å²) in [4.78, 5) is 4.56. The van der Waals surface area contributed by atoms with Gasteiger partial charge in [-0.2, -0.15) is 10.5 Å². The number of anilines is 2. The van der Waals surface area contributed by atoms with Crippen LogP contribution in [-0.4, -0.2) is 20.0 Å². The van der Waals surface area contributed by atoms with Crippen LogP contribution in [0.4, 0.5) is 11.4 Å². The molecule has 0 amide bonds. The molecular formula is C34H31N9. The lowest BCUT2D eigenvalue weighted by Gasteiger charge is -2.23. The van der Waals surface area contributed by atoms with Crippen LogP contribution in [0.5, 0.6) is 0 Å². The van der Waals surface area contributed by atoms with Crippen molar-refractivity contribution < 1.29 is 0 Å². The fourth-order valence-corrected chi connectivity index (χ4v) is 6.04. The van der Waals surface area contributed by atoms with Gasteiger partial charge in [-0.3, -0.25) is 4.98 Å². The lowest BCUT2D eigenvalue weighted by Crippen LogP contribution is -2.16. The van der Waals surface area contributed by atoms with Gasteiger partial charge in [0.05, 0.1) is 46.7 Å². The van der Waals surface area contributed by atoms with Gasteiger partial charge in [0.15, 0.2) is 0 Å². The lowest BCUT2D eigenvalue weighted by molar-refractivity contribution is 0.610. The molecule has 3 aromatic carbocycles. The molecule has 0 spiro atoms. The molecule has 7 rings (SSSR count). The van der Waals surface area contributed by atoms with E-state index in [-0.39, 0.29) is 12.1 Å². The SMILES string of the molecule is CCC(Nc1c(C#N)cnc2c(C#N)cc(NC(c3cn(C4CC4)nn3)c3cccc4c3CNC4)cc12)c1ccccc1. The zero-order valence-electron chi connectivity index (χ0n) is 23.9. The Morgan fingerprint density at radius 3 is 2.60 bits per heavy atom. The molecule has 0 radical (unpaired) electrons. The molecule has 2 aromatic heterocycles. The summed E-state index contributed by atoms with van der Waals surface area (Å²) in [5, 5.41) is 40.9. The molecule has 9 heteroatoms. The van der Waals surface area contributed by atoms with Gasteiger partial charge < -0.3 is 16.0 Å². The third-order valence-corrected chi connectivity index (χ3v) is 8.43. The van der Waals surface area contributed by atoms with E-state index in [0.717, 1.165) is 60.2 Å². The van der Waals surface area contributed by atoms with Crippen molar-refractivity contribution in [2.75, 3.05) is 10.6 Å². The van der Waals surface area contributed by atoms with Crippen molar-refractivity contribution in [1.82, 2.24) is 25.3 Å². The molecule has 1 aliphatic heterocycles. The van der Waals surface area contributed by atoms with Gasteiger partial charge in [-0.1, -0.05) is 60.7 Å². The molecule has 2 unspecified atom stereocenters. The molecule has 2 atom stereocenters. The van der Waals surface area contributed by atoms with Crippen LogP contribution in [0.3, 0.4) is 0 Å². The van der Waals surface area contributed by atoms with Crippen molar-refractivity contribution in [3.63, 3.8) is 0 Å². The number of aromatic nitrogens is 4. The summed E-state index contributed by atoms with van der Waals surface area (Å²) >= 11 is 0. The van der Waals surface area contributed by atoms with Crippen LogP contribution < -0.4 is 16.0 Å². The maximum absolute atomic E-state index is 10.2. The molecular weight excluding hydrogens is 534 g/mol. The smallest absolute Gasteiger partial charge is 0.109 e. The average Bonchev–Trinajstić information content (AvgIpc) is 3.57. The second-order valence-corrected chi connectivity index (χ2v) is 11.2. The van der Waals surface area contributed by atoms with E-state index in [1.54, 1.807) is 6.20 Å². The van der Waals surface area contributed by atoms with Crippen molar-refractivity contribution in [2.24, 2.45) is 0 Å². The lowest BCUT2D eigenvalue weighted by atomic mass is 9.95. The standard InChI is InChI=1S/C34H31N9/c1-2-30(21-7-4-3-5-8-21)40-33-24(16-36)18-38-32-23(15-35)13-25(14-28(32)33)39-34(31-20-43(42-41-31)26-11-12-26)27-10-6-9-22-17-37-19-29(22)27/h3-10,13-14,18,20,26,30,34,37,39H,2,11-12,17,19H2,1H3,(H,38,40). The molecule has 1 saturated carbocycles. The highest BCUT2D eigenvalue weighted by molar-refractivity contribution is 5.99. The molecule has 212 valence electrons. The quantitative estimate of drug-likeness (QED) is 0.191. The van der Waals surface area contributed by atoms with Gasteiger partial charge in [0.1, 0.15) is 17.8 Å². The Morgan fingerprint density at radius 2 is 1.84 bits per heavy atom. The van der Waals surface area contributed by atoms with Crippen molar-refractivity contribution in [3.8, 4) is 12.1 Å². The minimum absolute atomic E-state index is 0.0225. The predicted octanol–water partition coefficient (Wildman–Crippen LogP) is 6.27. The summed E-state index contributed by atoms with van der Waals surface area (Å²) in [6.07, 6.45) is 6.64. The molecule has 43 heavy (non-hydrogen) atoms. The highest BCUT2D eigenvalue weighted by atomic mass is 15.4. The highest BCUT2D eigenvalue weighted by Gasteiger charge is 2.29. The number of nitrogens with one attached hydrogen (secondary N) is 3. The predicted molar refractivity (Wildman–Crippen MR) is 165 cm³/mol. The van der Waals surface area contributed by atoms with Crippen molar-refractivity contribution in [1.29, 1.82) is 10.5 Å². The third-order valence-electron chi connectivity index (χ3n) is 8.43. The fourth-order valence-electron chi connectivity index (χ4n) is 6.04. The first-order valence-corrected chi connectivity index (χ1v) is 14.7. The number of hydrogen-bond donors (Lipinski definition) is 3. The van der Waals surface area contributed by atoms with Crippen LogP contribution in [0.2, 0.25) is 0 Å². The van der Waals surface area contributed by atoms with Gasteiger partial charge in [0, 0.05) is 30.4 Å². The van der Waals surface area contributed by atoms with E-state index in [0.29, 0.717) is 28.4 Å². The van der Waals surface area contributed by atoms with E-state index in [1.807, 2.05) is 41.2 Å². The van der Waals surface area contributed by atoms with E-state index in [4.69, 9.17) is 0 Å².